The summed E-state index contributed by atoms with van der Waals surface area (Å²) in [4.78, 5) is 8.87. The summed E-state index contributed by atoms with van der Waals surface area (Å²) >= 11 is 12.3. The highest BCUT2D eigenvalue weighted by Crippen LogP contribution is 2.29. The molecule has 6 heteroatoms. The van der Waals surface area contributed by atoms with Crippen molar-refractivity contribution < 1.29 is 0 Å². The van der Waals surface area contributed by atoms with Crippen LogP contribution in [0.5, 0.6) is 0 Å². The molecule has 112 valence electrons. The molecular formula is C15H18Cl2N4. The number of nitrogens with zero attached hydrogens (tertiary/aromatic N) is 2. The summed E-state index contributed by atoms with van der Waals surface area (Å²) in [5.74, 6) is 1.24. The lowest BCUT2D eigenvalue weighted by Gasteiger charge is -2.12. The average Bonchev–Trinajstić information content (AvgIpc) is 2.45. The maximum Gasteiger partial charge on any atom is 0.147 e. The molecule has 21 heavy (non-hydrogen) atoms. The fourth-order valence-electron chi connectivity index (χ4n) is 1.83. The number of aromatic nitrogens is 2. The van der Waals surface area contributed by atoms with E-state index in [1.165, 1.54) is 0 Å². The Morgan fingerprint density at radius 2 is 1.76 bits per heavy atom. The van der Waals surface area contributed by atoms with Gasteiger partial charge in [0.2, 0.25) is 0 Å². The van der Waals surface area contributed by atoms with Crippen LogP contribution in [0.25, 0.3) is 0 Å². The van der Waals surface area contributed by atoms with Gasteiger partial charge in [0.25, 0.3) is 0 Å². The van der Waals surface area contributed by atoms with E-state index < -0.39 is 0 Å². The summed E-state index contributed by atoms with van der Waals surface area (Å²) in [6.07, 6.45) is 0.997. The number of pyridine rings is 2. The number of anilines is 2. The third-order valence-corrected chi connectivity index (χ3v) is 3.43. The first-order valence-electron chi connectivity index (χ1n) is 6.86. The number of aryl methyl sites for hydroxylation is 1. The van der Waals surface area contributed by atoms with Crippen molar-refractivity contribution in [3.8, 4) is 0 Å². The van der Waals surface area contributed by atoms with E-state index in [2.05, 4.69) is 27.5 Å². The monoisotopic (exact) mass is 324 g/mol. The van der Waals surface area contributed by atoms with E-state index in [1.807, 2.05) is 25.1 Å². The minimum Gasteiger partial charge on any atom is -0.369 e. The zero-order chi connectivity index (χ0) is 15.2. The molecule has 0 radical (unpaired) electrons. The van der Waals surface area contributed by atoms with Crippen molar-refractivity contribution in [1.82, 2.24) is 9.97 Å². The summed E-state index contributed by atoms with van der Waals surface area (Å²) in [6, 6.07) is 7.59. The number of hydrogen-bond donors (Lipinski definition) is 2. The molecule has 0 aliphatic heterocycles. The lowest BCUT2D eigenvalue weighted by Crippen LogP contribution is -2.08. The minimum absolute atomic E-state index is 0.495. The van der Waals surface area contributed by atoms with Gasteiger partial charge < -0.3 is 10.6 Å². The molecule has 0 aliphatic rings. The Labute approximate surface area is 134 Å². The predicted octanol–water partition coefficient (Wildman–Crippen LogP) is 4.53. The van der Waals surface area contributed by atoms with Crippen molar-refractivity contribution in [3.05, 3.63) is 45.7 Å². The van der Waals surface area contributed by atoms with Gasteiger partial charge in [-0.3, -0.25) is 4.98 Å². The van der Waals surface area contributed by atoms with Crippen molar-refractivity contribution in [2.75, 3.05) is 17.2 Å². The molecule has 0 saturated heterocycles. The molecule has 0 saturated carbocycles. The van der Waals surface area contributed by atoms with Crippen LogP contribution >= 0.6 is 23.2 Å². The van der Waals surface area contributed by atoms with Gasteiger partial charge in [-0.1, -0.05) is 36.2 Å². The van der Waals surface area contributed by atoms with Gasteiger partial charge in [-0.25, -0.2) is 4.98 Å². The van der Waals surface area contributed by atoms with Gasteiger partial charge in [0.1, 0.15) is 11.6 Å². The fourth-order valence-corrected chi connectivity index (χ4v) is 2.32. The van der Waals surface area contributed by atoms with E-state index in [4.69, 9.17) is 23.2 Å². The molecule has 0 atom stereocenters. The van der Waals surface area contributed by atoms with E-state index >= 15 is 0 Å². The maximum atomic E-state index is 6.18. The molecule has 0 bridgehead atoms. The highest BCUT2D eigenvalue weighted by Gasteiger charge is 2.09. The van der Waals surface area contributed by atoms with Gasteiger partial charge in [0.05, 0.1) is 22.3 Å². The number of rotatable bonds is 6. The smallest absolute Gasteiger partial charge is 0.147 e. The van der Waals surface area contributed by atoms with E-state index in [1.54, 1.807) is 6.07 Å². The molecule has 0 aliphatic carbocycles. The Kier molecular flexibility index (Phi) is 5.65. The van der Waals surface area contributed by atoms with E-state index in [9.17, 15) is 0 Å². The van der Waals surface area contributed by atoms with Gasteiger partial charge >= 0.3 is 0 Å². The predicted molar refractivity (Wildman–Crippen MR) is 89.3 cm³/mol. The van der Waals surface area contributed by atoms with Gasteiger partial charge in [0, 0.05) is 12.2 Å². The number of nitrogens with one attached hydrogen (secondary N) is 2. The highest BCUT2D eigenvalue weighted by atomic mass is 35.5. The van der Waals surface area contributed by atoms with Crippen LogP contribution in [0.4, 0.5) is 11.6 Å². The second-order valence-electron chi connectivity index (χ2n) is 4.70. The Morgan fingerprint density at radius 1 is 1.05 bits per heavy atom. The van der Waals surface area contributed by atoms with Gasteiger partial charge in [-0.05, 0) is 31.5 Å². The molecule has 0 spiro atoms. The van der Waals surface area contributed by atoms with Crippen molar-refractivity contribution in [2.24, 2.45) is 0 Å². The Morgan fingerprint density at radius 3 is 2.43 bits per heavy atom. The van der Waals surface area contributed by atoms with Gasteiger partial charge in [0.15, 0.2) is 0 Å². The third-order valence-electron chi connectivity index (χ3n) is 2.85. The van der Waals surface area contributed by atoms with Crippen molar-refractivity contribution in [3.63, 3.8) is 0 Å². The van der Waals surface area contributed by atoms with Crippen LogP contribution in [-0.4, -0.2) is 16.5 Å². The Balaban J connectivity index is 2.11. The molecule has 2 rings (SSSR count). The number of hydrogen-bond acceptors (Lipinski definition) is 4. The molecule has 2 heterocycles. The molecule has 0 aromatic carbocycles. The largest absolute Gasteiger partial charge is 0.369 e. The van der Waals surface area contributed by atoms with Crippen LogP contribution in [0.15, 0.2) is 24.3 Å². The average molecular weight is 325 g/mol. The van der Waals surface area contributed by atoms with Crippen LogP contribution in [0, 0.1) is 6.92 Å². The third kappa shape index (κ3) is 4.48. The topological polar surface area (TPSA) is 49.8 Å². The van der Waals surface area contributed by atoms with Crippen LogP contribution in [-0.2, 0) is 6.54 Å². The molecule has 4 nitrogen and oxygen atoms in total. The van der Waals surface area contributed by atoms with Gasteiger partial charge in [-0.15, -0.1) is 0 Å². The Bertz CT molecular complexity index is 617. The summed E-state index contributed by atoms with van der Waals surface area (Å²) in [7, 11) is 0. The molecule has 0 unspecified atom stereocenters. The van der Waals surface area contributed by atoms with Crippen molar-refractivity contribution >= 4 is 34.8 Å². The summed E-state index contributed by atoms with van der Waals surface area (Å²) < 4.78 is 0. The normalized spacial score (nSPS) is 10.5. The van der Waals surface area contributed by atoms with E-state index in [0.29, 0.717) is 28.2 Å². The molecule has 2 aromatic rings. The number of halogens is 2. The first-order chi connectivity index (χ1) is 10.1. The van der Waals surface area contributed by atoms with Crippen LogP contribution in [0.3, 0.4) is 0 Å². The van der Waals surface area contributed by atoms with Crippen LogP contribution in [0.1, 0.15) is 24.7 Å². The molecule has 2 N–H and O–H groups in total. The fraction of sp³-hybridized carbons (Fsp3) is 0.333. The second kappa shape index (κ2) is 7.48. The van der Waals surface area contributed by atoms with Crippen molar-refractivity contribution in [2.45, 2.75) is 26.8 Å². The lowest BCUT2D eigenvalue weighted by molar-refractivity contribution is 0.965. The maximum absolute atomic E-state index is 6.18. The first kappa shape index (κ1) is 15.9. The van der Waals surface area contributed by atoms with Crippen molar-refractivity contribution in [1.29, 1.82) is 0 Å². The molecular weight excluding hydrogens is 307 g/mol. The van der Waals surface area contributed by atoms with E-state index in [-0.39, 0.29) is 0 Å². The quantitative estimate of drug-likeness (QED) is 0.819. The lowest BCUT2D eigenvalue weighted by atomic mass is 10.3. The summed E-state index contributed by atoms with van der Waals surface area (Å²) in [5.41, 5.74) is 1.92. The molecule has 2 aromatic heterocycles. The highest BCUT2D eigenvalue weighted by molar-refractivity contribution is 6.37. The van der Waals surface area contributed by atoms with Crippen LogP contribution < -0.4 is 10.6 Å². The van der Waals surface area contributed by atoms with Crippen LogP contribution in [0.2, 0.25) is 10.0 Å². The zero-order valence-corrected chi connectivity index (χ0v) is 13.6. The summed E-state index contributed by atoms with van der Waals surface area (Å²) in [5, 5.41) is 7.39. The molecule has 0 fully saturated rings. The Hall–Kier alpha value is -1.52. The first-order valence-corrected chi connectivity index (χ1v) is 7.62. The standard InChI is InChI=1S/C15H18Cl2N4/c1-3-7-18-14-12(16)8-13(17)15(21-14)19-9-11-6-4-5-10(2)20-11/h4-6,8H,3,7,9H2,1-2H3,(H2,18,19,21). The minimum atomic E-state index is 0.495. The second-order valence-corrected chi connectivity index (χ2v) is 5.51. The zero-order valence-electron chi connectivity index (χ0n) is 12.1. The molecule has 0 amide bonds. The van der Waals surface area contributed by atoms with E-state index in [0.717, 1.165) is 24.4 Å². The summed E-state index contributed by atoms with van der Waals surface area (Å²) in [6.45, 7) is 5.42. The van der Waals surface area contributed by atoms with Gasteiger partial charge in [-0.2, -0.15) is 0 Å². The SMILES string of the molecule is CCCNc1nc(NCc2cccc(C)n2)c(Cl)cc1Cl.